The van der Waals surface area contributed by atoms with Gasteiger partial charge in [-0.15, -0.1) is 11.3 Å². The van der Waals surface area contributed by atoms with Gasteiger partial charge in [0.1, 0.15) is 0 Å². The van der Waals surface area contributed by atoms with E-state index in [1.807, 2.05) is 22.7 Å². The van der Waals surface area contributed by atoms with Crippen LogP contribution in [0, 0.1) is 0 Å². The molecule has 5 rings (SSSR count). The Bertz CT molecular complexity index is 1080. The molecule has 1 N–H and O–H groups in total. The van der Waals surface area contributed by atoms with Gasteiger partial charge in [-0.3, -0.25) is 9.48 Å². The van der Waals surface area contributed by atoms with Gasteiger partial charge in [0.25, 0.3) is 5.91 Å². The smallest absolute Gasteiger partial charge is 0.274 e. The van der Waals surface area contributed by atoms with Gasteiger partial charge in [-0.1, -0.05) is 43.2 Å². The quantitative estimate of drug-likeness (QED) is 0.594. The Hall–Kier alpha value is -2.51. The fourth-order valence-electron chi connectivity index (χ4n) is 5.11. The number of hydrogen-bond acceptors (Lipinski definition) is 5. The fourth-order valence-corrected chi connectivity index (χ4v) is 5.92. The molecule has 33 heavy (non-hydrogen) atoms. The number of carbonyl (C=O) groups is 1. The topological polar surface area (TPSA) is 63.1 Å². The Morgan fingerprint density at radius 3 is 2.73 bits per heavy atom. The number of nitrogens with one attached hydrogen (secondary N) is 1. The normalized spacial score (nSPS) is 18.7. The van der Waals surface area contributed by atoms with Crippen LogP contribution >= 0.6 is 11.3 Å². The molecule has 1 aliphatic heterocycles. The Kier molecular flexibility index (Phi) is 6.88. The summed E-state index contributed by atoms with van der Waals surface area (Å²) in [6.07, 6.45) is 8.51. The fraction of sp³-hybridized carbons (Fsp3) is 0.500. The second kappa shape index (κ2) is 10.2. The minimum atomic E-state index is 0.130. The molecule has 1 saturated heterocycles. The van der Waals surface area contributed by atoms with Crippen molar-refractivity contribution < 1.29 is 4.79 Å². The molecule has 1 atom stereocenters. The van der Waals surface area contributed by atoms with Crippen LogP contribution in [0.4, 0.5) is 0 Å². The Morgan fingerprint density at radius 1 is 1.15 bits per heavy atom. The molecular formula is C26H33N5OS. The maximum Gasteiger partial charge on any atom is 0.274 e. The predicted octanol–water partition coefficient (Wildman–Crippen LogP) is 4.25. The Balaban J connectivity index is 1.20. The van der Waals surface area contributed by atoms with Crippen molar-refractivity contribution in [2.45, 2.75) is 57.4 Å². The molecule has 2 aliphatic rings. The first-order chi connectivity index (χ1) is 16.2. The molecule has 0 spiro atoms. The summed E-state index contributed by atoms with van der Waals surface area (Å²) in [5.41, 5.74) is 5.32. The number of thiazole rings is 1. The number of likely N-dealkylation sites (tertiary alicyclic amines) is 1. The van der Waals surface area contributed by atoms with E-state index in [1.165, 1.54) is 24.1 Å². The monoisotopic (exact) mass is 463 g/mol. The van der Waals surface area contributed by atoms with E-state index in [0.717, 1.165) is 74.4 Å². The molecule has 0 unspecified atom stereocenters. The van der Waals surface area contributed by atoms with E-state index in [4.69, 9.17) is 4.98 Å². The largest absolute Gasteiger partial charge is 0.337 e. The van der Waals surface area contributed by atoms with Crippen molar-refractivity contribution in [1.29, 1.82) is 0 Å². The maximum absolute atomic E-state index is 13.3. The first kappa shape index (κ1) is 22.3. The van der Waals surface area contributed by atoms with Gasteiger partial charge >= 0.3 is 0 Å². The zero-order valence-corrected chi connectivity index (χ0v) is 20.2. The molecule has 1 aliphatic carbocycles. The number of nitrogens with zero attached hydrogens (tertiary/aromatic N) is 4. The van der Waals surface area contributed by atoms with Gasteiger partial charge in [0.2, 0.25) is 0 Å². The van der Waals surface area contributed by atoms with E-state index >= 15 is 0 Å². The SMILES string of the molecule is Cn1nc(C(=O)N2CCCCCC2)c2c1CC[C@@H](NCCc1nc(-c3ccccc3)cs1)C2. The number of rotatable bonds is 6. The van der Waals surface area contributed by atoms with Crippen LogP contribution in [-0.2, 0) is 26.3 Å². The number of fused-ring (bicyclic) bond motifs is 1. The van der Waals surface area contributed by atoms with Gasteiger partial charge < -0.3 is 10.2 Å². The second-order valence-corrected chi connectivity index (χ2v) is 10.2. The van der Waals surface area contributed by atoms with E-state index in [1.54, 1.807) is 11.3 Å². The van der Waals surface area contributed by atoms with E-state index in [9.17, 15) is 4.79 Å². The van der Waals surface area contributed by atoms with Crippen LogP contribution in [0.25, 0.3) is 11.3 Å². The standard InChI is InChI=1S/C26H33N5OS/c1-30-23-12-11-20(17-21(23)25(29-30)26(32)31-15-7-2-3-8-16-31)27-14-13-24-28-22(18-33-24)19-9-5-4-6-10-19/h4-6,9-10,18,20,27H,2-3,7-8,11-17H2,1H3/t20-/m1/s1. The molecule has 0 saturated carbocycles. The Labute approximate surface area is 200 Å². The van der Waals surface area contributed by atoms with E-state index < -0.39 is 0 Å². The predicted molar refractivity (Wildman–Crippen MR) is 133 cm³/mol. The van der Waals surface area contributed by atoms with E-state index in [0.29, 0.717) is 11.7 Å². The zero-order valence-electron chi connectivity index (χ0n) is 19.4. The highest BCUT2D eigenvalue weighted by Crippen LogP contribution is 2.26. The summed E-state index contributed by atoms with van der Waals surface area (Å²) in [4.78, 5) is 20.1. The van der Waals surface area contributed by atoms with Gasteiger partial charge in [0, 0.05) is 61.3 Å². The van der Waals surface area contributed by atoms with E-state index in [2.05, 4.69) is 40.1 Å². The van der Waals surface area contributed by atoms with Crippen molar-refractivity contribution in [2.24, 2.45) is 7.05 Å². The highest BCUT2D eigenvalue weighted by atomic mass is 32.1. The van der Waals surface area contributed by atoms with Crippen LogP contribution in [0.3, 0.4) is 0 Å². The highest BCUT2D eigenvalue weighted by molar-refractivity contribution is 7.09. The molecule has 7 heteroatoms. The van der Waals surface area contributed by atoms with Gasteiger partial charge in [0.15, 0.2) is 5.69 Å². The maximum atomic E-state index is 13.3. The average molecular weight is 464 g/mol. The van der Waals surface area contributed by atoms with Crippen LogP contribution in [0.15, 0.2) is 35.7 Å². The summed E-state index contributed by atoms with van der Waals surface area (Å²) < 4.78 is 1.94. The summed E-state index contributed by atoms with van der Waals surface area (Å²) in [6, 6.07) is 10.7. The van der Waals surface area contributed by atoms with Crippen molar-refractivity contribution in [3.8, 4) is 11.3 Å². The summed E-state index contributed by atoms with van der Waals surface area (Å²) in [5, 5.41) is 11.7. The molecule has 1 fully saturated rings. The Morgan fingerprint density at radius 2 is 1.94 bits per heavy atom. The van der Waals surface area contributed by atoms with Crippen molar-refractivity contribution in [3.05, 3.63) is 57.7 Å². The molecule has 0 radical (unpaired) electrons. The molecule has 2 aromatic heterocycles. The molecule has 6 nitrogen and oxygen atoms in total. The van der Waals surface area contributed by atoms with Crippen molar-refractivity contribution in [3.63, 3.8) is 0 Å². The number of hydrogen-bond donors (Lipinski definition) is 1. The van der Waals surface area contributed by atoms with E-state index in [-0.39, 0.29) is 5.91 Å². The van der Waals surface area contributed by atoms with Crippen LogP contribution in [0.5, 0.6) is 0 Å². The number of aromatic nitrogens is 3. The minimum Gasteiger partial charge on any atom is -0.337 e. The van der Waals surface area contributed by atoms with Gasteiger partial charge in [-0.25, -0.2) is 4.98 Å². The second-order valence-electron chi connectivity index (χ2n) is 9.24. The van der Waals surface area contributed by atoms with Crippen molar-refractivity contribution >= 4 is 17.2 Å². The van der Waals surface area contributed by atoms with Crippen molar-refractivity contribution in [1.82, 2.24) is 25.0 Å². The molecule has 0 bridgehead atoms. The third kappa shape index (κ3) is 5.04. The first-order valence-electron chi connectivity index (χ1n) is 12.3. The summed E-state index contributed by atoms with van der Waals surface area (Å²) >= 11 is 1.73. The summed E-state index contributed by atoms with van der Waals surface area (Å²) in [5.74, 6) is 0.130. The third-order valence-electron chi connectivity index (χ3n) is 6.94. The summed E-state index contributed by atoms with van der Waals surface area (Å²) in [6.45, 7) is 2.63. The molecule has 1 aromatic carbocycles. The number of benzene rings is 1. The van der Waals surface area contributed by atoms with Crippen LogP contribution in [0.2, 0.25) is 0 Å². The average Bonchev–Trinajstić information content (AvgIpc) is 3.33. The lowest BCUT2D eigenvalue weighted by Crippen LogP contribution is -2.37. The van der Waals surface area contributed by atoms with Gasteiger partial charge in [0.05, 0.1) is 10.7 Å². The lowest BCUT2D eigenvalue weighted by Gasteiger charge is -2.25. The minimum absolute atomic E-state index is 0.130. The lowest BCUT2D eigenvalue weighted by molar-refractivity contribution is 0.0753. The number of amides is 1. The molecular weight excluding hydrogens is 430 g/mol. The van der Waals surface area contributed by atoms with Gasteiger partial charge in [-0.05, 0) is 32.1 Å². The molecule has 174 valence electrons. The van der Waals surface area contributed by atoms with Crippen LogP contribution in [0.1, 0.15) is 58.9 Å². The number of aryl methyl sites for hydroxylation is 1. The van der Waals surface area contributed by atoms with Gasteiger partial charge in [-0.2, -0.15) is 5.10 Å². The summed E-state index contributed by atoms with van der Waals surface area (Å²) in [7, 11) is 1.98. The van der Waals surface area contributed by atoms with Crippen LogP contribution < -0.4 is 5.32 Å². The third-order valence-corrected chi connectivity index (χ3v) is 7.85. The lowest BCUT2D eigenvalue weighted by atomic mass is 9.91. The molecule has 1 amide bonds. The highest BCUT2D eigenvalue weighted by Gasteiger charge is 2.30. The molecule has 3 heterocycles. The zero-order chi connectivity index (χ0) is 22.6. The first-order valence-corrected chi connectivity index (χ1v) is 13.1. The molecule has 3 aromatic rings. The number of carbonyl (C=O) groups excluding carboxylic acids is 1. The van der Waals surface area contributed by atoms with Crippen molar-refractivity contribution in [2.75, 3.05) is 19.6 Å². The van der Waals surface area contributed by atoms with Crippen LogP contribution in [-0.4, -0.2) is 51.2 Å².